The van der Waals surface area contributed by atoms with Crippen molar-refractivity contribution in [2.75, 3.05) is 13.1 Å². The van der Waals surface area contributed by atoms with E-state index in [1.54, 1.807) is 0 Å². The quantitative estimate of drug-likeness (QED) is 0.0611. The summed E-state index contributed by atoms with van der Waals surface area (Å²) in [5.74, 6) is -2.22. The van der Waals surface area contributed by atoms with Gasteiger partial charge in [-0.05, 0) is 45.1 Å². The molecule has 3 atom stereocenters. The SMILES string of the molecule is NCCCC[C@H](NC(=O)[C@@H](N)CCCN=C(N)N)C(=O)N[C@H](C=O)CCC(=O)O. The van der Waals surface area contributed by atoms with Crippen LogP contribution in [0.25, 0.3) is 0 Å². The van der Waals surface area contributed by atoms with Gasteiger partial charge >= 0.3 is 5.97 Å². The third-order valence-corrected chi connectivity index (χ3v) is 4.05. The van der Waals surface area contributed by atoms with Crippen LogP contribution in [0.3, 0.4) is 0 Å². The third-order valence-electron chi connectivity index (χ3n) is 4.05. The maximum atomic E-state index is 12.5. The molecule has 0 aliphatic rings. The van der Waals surface area contributed by atoms with Crippen molar-refractivity contribution in [3.05, 3.63) is 0 Å². The van der Waals surface area contributed by atoms with Crippen molar-refractivity contribution in [1.82, 2.24) is 10.6 Å². The molecule has 29 heavy (non-hydrogen) atoms. The van der Waals surface area contributed by atoms with E-state index >= 15 is 0 Å². The fourth-order valence-electron chi connectivity index (χ4n) is 2.43. The Morgan fingerprint density at radius 3 is 2.24 bits per heavy atom. The number of aldehydes is 1. The summed E-state index contributed by atoms with van der Waals surface area (Å²) in [7, 11) is 0. The number of aliphatic carboxylic acids is 1. The Balaban J connectivity index is 4.81. The molecule has 2 amide bonds. The minimum atomic E-state index is -1.08. The highest BCUT2D eigenvalue weighted by Crippen LogP contribution is 2.05. The van der Waals surface area contributed by atoms with Crippen molar-refractivity contribution in [2.45, 2.75) is 63.1 Å². The first kappa shape index (κ1) is 26.3. The predicted octanol–water partition coefficient (Wildman–Crippen LogP) is -2.47. The lowest BCUT2D eigenvalue weighted by atomic mass is 10.1. The summed E-state index contributed by atoms with van der Waals surface area (Å²) in [5.41, 5.74) is 21.8. The Morgan fingerprint density at radius 2 is 1.69 bits per heavy atom. The van der Waals surface area contributed by atoms with Crippen LogP contribution in [0, 0.1) is 0 Å². The Kier molecular flexibility index (Phi) is 13.8. The van der Waals surface area contributed by atoms with Crippen molar-refractivity contribution in [1.29, 1.82) is 0 Å². The normalized spacial score (nSPS) is 13.6. The van der Waals surface area contributed by atoms with E-state index in [9.17, 15) is 19.2 Å². The fraction of sp³-hybridized carbons (Fsp3) is 0.706. The standard InChI is InChI=1S/C17H33N7O5/c18-8-2-1-5-13(16(29)23-11(10-25)6-7-14(26)27)24-15(28)12(19)4-3-9-22-17(20)21/h10-13H,1-9,18-19H2,(H,23,29)(H,24,28)(H,26,27)(H4,20,21,22)/t11-,12-,13-/m0/s1. The summed E-state index contributed by atoms with van der Waals surface area (Å²) in [6, 6.07) is -2.73. The molecular formula is C17H33N7O5. The molecule has 166 valence electrons. The Hall–Kier alpha value is -2.73. The number of nitrogens with two attached hydrogens (primary N) is 4. The minimum absolute atomic E-state index is 0.0433. The predicted molar refractivity (Wildman–Crippen MR) is 108 cm³/mol. The number of guanidine groups is 1. The second kappa shape index (κ2) is 15.2. The molecule has 0 aliphatic carbocycles. The Morgan fingerprint density at radius 1 is 1.00 bits per heavy atom. The van der Waals surface area contributed by atoms with Crippen molar-refractivity contribution in [2.24, 2.45) is 27.9 Å². The maximum Gasteiger partial charge on any atom is 0.303 e. The molecule has 0 aromatic carbocycles. The molecule has 0 fully saturated rings. The van der Waals surface area contributed by atoms with Gasteiger partial charge in [-0.2, -0.15) is 0 Å². The zero-order valence-electron chi connectivity index (χ0n) is 16.5. The summed E-state index contributed by atoms with van der Waals surface area (Å²) in [6.07, 6.45) is 2.49. The van der Waals surface area contributed by atoms with Gasteiger partial charge < -0.3 is 43.5 Å². The van der Waals surface area contributed by atoms with Crippen LogP contribution >= 0.6 is 0 Å². The molecule has 12 nitrogen and oxygen atoms in total. The van der Waals surface area contributed by atoms with E-state index in [0.29, 0.717) is 51.5 Å². The molecule has 0 aromatic rings. The Labute approximate surface area is 169 Å². The number of aliphatic imine (C=N–C) groups is 1. The highest BCUT2D eigenvalue weighted by atomic mass is 16.4. The molecule has 0 aliphatic heterocycles. The van der Waals surface area contributed by atoms with Gasteiger partial charge in [-0.3, -0.25) is 19.4 Å². The molecule has 0 unspecified atom stereocenters. The number of carbonyl (C=O) groups excluding carboxylic acids is 3. The topological polar surface area (TPSA) is 229 Å². The lowest BCUT2D eigenvalue weighted by Crippen LogP contribution is -2.53. The smallest absolute Gasteiger partial charge is 0.303 e. The van der Waals surface area contributed by atoms with Crippen molar-refractivity contribution < 1.29 is 24.3 Å². The van der Waals surface area contributed by atoms with Gasteiger partial charge in [0.2, 0.25) is 11.8 Å². The van der Waals surface area contributed by atoms with Crippen molar-refractivity contribution in [3.63, 3.8) is 0 Å². The van der Waals surface area contributed by atoms with E-state index in [2.05, 4.69) is 15.6 Å². The molecule has 0 rings (SSSR count). The molecule has 0 saturated heterocycles. The van der Waals surface area contributed by atoms with Crippen LogP contribution in [-0.2, 0) is 19.2 Å². The third kappa shape index (κ3) is 13.1. The van der Waals surface area contributed by atoms with Crippen LogP contribution in [0.1, 0.15) is 44.9 Å². The van der Waals surface area contributed by atoms with E-state index < -0.39 is 35.9 Å². The molecule has 0 radical (unpaired) electrons. The average Bonchev–Trinajstić information content (AvgIpc) is 2.66. The van der Waals surface area contributed by atoms with Gasteiger partial charge in [0.05, 0.1) is 12.1 Å². The molecule has 0 heterocycles. The number of carboxylic acid groups (broad SMARTS) is 1. The average molecular weight is 415 g/mol. The number of carbonyl (C=O) groups is 4. The van der Waals surface area contributed by atoms with E-state index in [-0.39, 0.29) is 18.8 Å². The van der Waals surface area contributed by atoms with Gasteiger partial charge in [0.15, 0.2) is 5.96 Å². The number of nitrogens with one attached hydrogen (secondary N) is 2. The molecule has 0 spiro atoms. The molecule has 0 bridgehead atoms. The van der Waals surface area contributed by atoms with Gasteiger partial charge in [-0.1, -0.05) is 0 Å². The van der Waals surface area contributed by atoms with Crippen LogP contribution in [0.5, 0.6) is 0 Å². The van der Waals surface area contributed by atoms with Gasteiger partial charge in [0.25, 0.3) is 0 Å². The monoisotopic (exact) mass is 415 g/mol. The second-order valence-electron chi connectivity index (χ2n) is 6.58. The van der Waals surface area contributed by atoms with Gasteiger partial charge in [0, 0.05) is 13.0 Å². The summed E-state index contributed by atoms with van der Waals surface area (Å²) in [6.45, 7) is 0.760. The lowest BCUT2D eigenvalue weighted by molar-refractivity contribution is -0.137. The molecule has 0 saturated carbocycles. The van der Waals surface area contributed by atoms with E-state index in [4.69, 9.17) is 28.0 Å². The maximum absolute atomic E-state index is 12.5. The van der Waals surface area contributed by atoms with E-state index in [1.165, 1.54) is 0 Å². The number of unbranched alkanes of at least 4 members (excludes halogenated alkanes) is 1. The summed E-state index contributed by atoms with van der Waals surface area (Å²) in [4.78, 5) is 50.4. The number of amides is 2. The highest BCUT2D eigenvalue weighted by Gasteiger charge is 2.25. The number of hydrogen-bond acceptors (Lipinski definition) is 7. The zero-order chi connectivity index (χ0) is 22.2. The summed E-state index contributed by atoms with van der Waals surface area (Å²) in [5, 5.41) is 13.8. The number of nitrogens with zero attached hydrogens (tertiary/aromatic N) is 1. The second-order valence-corrected chi connectivity index (χ2v) is 6.58. The van der Waals surface area contributed by atoms with Crippen LogP contribution in [0.2, 0.25) is 0 Å². The lowest BCUT2D eigenvalue weighted by Gasteiger charge is -2.22. The minimum Gasteiger partial charge on any atom is -0.481 e. The van der Waals surface area contributed by atoms with Crippen LogP contribution < -0.4 is 33.6 Å². The van der Waals surface area contributed by atoms with E-state index in [0.717, 1.165) is 0 Å². The number of hydrogen-bond donors (Lipinski definition) is 7. The fourth-order valence-corrected chi connectivity index (χ4v) is 2.43. The van der Waals surface area contributed by atoms with Crippen molar-refractivity contribution >= 4 is 30.0 Å². The van der Waals surface area contributed by atoms with Gasteiger partial charge in [-0.15, -0.1) is 0 Å². The summed E-state index contributed by atoms with van der Waals surface area (Å²) >= 11 is 0. The van der Waals surface area contributed by atoms with Gasteiger partial charge in [0.1, 0.15) is 12.3 Å². The first-order valence-corrected chi connectivity index (χ1v) is 9.50. The molecule has 0 aromatic heterocycles. The molecular weight excluding hydrogens is 382 g/mol. The van der Waals surface area contributed by atoms with E-state index in [1.807, 2.05) is 0 Å². The summed E-state index contributed by atoms with van der Waals surface area (Å²) < 4.78 is 0. The highest BCUT2D eigenvalue weighted by molar-refractivity contribution is 5.90. The van der Waals surface area contributed by atoms with Gasteiger partial charge in [-0.25, -0.2) is 0 Å². The molecule has 11 N–H and O–H groups in total. The van der Waals surface area contributed by atoms with Crippen molar-refractivity contribution in [3.8, 4) is 0 Å². The van der Waals surface area contributed by atoms with Crippen LogP contribution in [-0.4, -0.2) is 66.4 Å². The molecule has 12 heteroatoms. The first-order valence-electron chi connectivity index (χ1n) is 9.50. The first-order chi connectivity index (χ1) is 13.7. The Bertz CT molecular complexity index is 566. The number of rotatable bonds is 16. The van der Waals surface area contributed by atoms with Crippen LogP contribution in [0.4, 0.5) is 0 Å². The van der Waals surface area contributed by atoms with Crippen LogP contribution in [0.15, 0.2) is 4.99 Å². The zero-order valence-corrected chi connectivity index (χ0v) is 16.5. The number of carboxylic acids is 1. The largest absolute Gasteiger partial charge is 0.481 e.